The highest BCUT2D eigenvalue weighted by molar-refractivity contribution is 6.31. The van der Waals surface area contributed by atoms with Crippen molar-refractivity contribution in [2.45, 2.75) is 13.0 Å². The zero-order valence-electron chi connectivity index (χ0n) is 10.1. The second-order valence-electron chi connectivity index (χ2n) is 4.00. The number of rotatable bonds is 6. The number of aromatic amines is 1. The highest BCUT2D eigenvalue weighted by Gasteiger charge is 2.09. The van der Waals surface area contributed by atoms with Gasteiger partial charge in [-0.3, -0.25) is 10.1 Å². The molecule has 0 bridgehead atoms. The Kier molecular flexibility index (Phi) is 4.48. The summed E-state index contributed by atoms with van der Waals surface area (Å²) in [7, 11) is 0. The number of hydrogen-bond acceptors (Lipinski definition) is 4. The normalized spacial score (nSPS) is 10.6. The Labute approximate surface area is 115 Å². The Bertz CT molecular complexity index is 557. The summed E-state index contributed by atoms with van der Waals surface area (Å²) in [4.78, 5) is 17.4. The number of nitro groups is 1. The van der Waals surface area contributed by atoms with Crippen LogP contribution in [-0.2, 0) is 13.0 Å². The van der Waals surface area contributed by atoms with Crippen molar-refractivity contribution in [3.63, 3.8) is 0 Å². The van der Waals surface area contributed by atoms with E-state index in [9.17, 15) is 10.1 Å². The van der Waals surface area contributed by atoms with E-state index in [1.54, 1.807) is 18.5 Å². The van der Waals surface area contributed by atoms with Crippen molar-refractivity contribution >= 4 is 17.3 Å². The number of aromatic nitrogens is 2. The average molecular weight is 281 g/mol. The number of nitrogens with zero attached hydrogens (tertiary/aromatic N) is 2. The summed E-state index contributed by atoms with van der Waals surface area (Å²) in [5, 5.41) is 14.4. The molecule has 0 aliphatic rings. The van der Waals surface area contributed by atoms with Crippen LogP contribution >= 0.6 is 11.6 Å². The van der Waals surface area contributed by atoms with Crippen molar-refractivity contribution < 1.29 is 4.92 Å². The van der Waals surface area contributed by atoms with Crippen LogP contribution in [0.3, 0.4) is 0 Å². The molecule has 6 nitrogen and oxygen atoms in total. The molecular weight excluding hydrogens is 268 g/mol. The molecule has 0 saturated heterocycles. The summed E-state index contributed by atoms with van der Waals surface area (Å²) in [5.41, 5.74) is 0.766. The molecule has 0 radical (unpaired) electrons. The molecule has 0 unspecified atom stereocenters. The molecule has 1 aromatic heterocycles. The van der Waals surface area contributed by atoms with Gasteiger partial charge in [0.1, 0.15) is 5.82 Å². The van der Waals surface area contributed by atoms with Crippen LogP contribution < -0.4 is 5.32 Å². The Hall–Kier alpha value is -1.92. The van der Waals surface area contributed by atoms with Gasteiger partial charge in [-0.25, -0.2) is 4.98 Å². The van der Waals surface area contributed by atoms with Gasteiger partial charge in [0.2, 0.25) is 0 Å². The van der Waals surface area contributed by atoms with Crippen molar-refractivity contribution in [3.8, 4) is 0 Å². The van der Waals surface area contributed by atoms with Gasteiger partial charge in [0.25, 0.3) is 5.69 Å². The zero-order chi connectivity index (χ0) is 13.7. The van der Waals surface area contributed by atoms with E-state index in [0.717, 1.165) is 17.8 Å². The van der Waals surface area contributed by atoms with Gasteiger partial charge in [-0.15, -0.1) is 0 Å². The molecule has 2 rings (SSSR count). The molecule has 0 saturated carbocycles. The Morgan fingerprint density at radius 1 is 1.47 bits per heavy atom. The van der Waals surface area contributed by atoms with E-state index < -0.39 is 4.92 Å². The maximum absolute atomic E-state index is 10.7. The number of imidazole rings is 1. The number of nitrogens with one attached hydrogen (secondary N) is 2. The van der Waals surface area contributed by atoms with Crippen molar-refractivity contribution in [1.82, 2.24) is 15.3 Å². The summed E-state index contributed by atoms with van der Waals surface area (Å²) >= 11 is 6.00. The molecule has 0 spiro atoms. The van der Waals surface area contributed by atoms with Gasteiger partial charge in [0.15, 0.2) is 0 Å². The summed E-state index contributed by atoms with van der Waals surface area (Å²) < 4.78 is 0. The van der Waals surface area contributed by atoms with Gasteiger partial charge in [-0.1, -0.05) is 11.6 Å². The maximum atomic E-state index is 10.7. The van der Waals surface area contributed by atoms with Crippen LogP contribution in [0.5, 0.6) is 0 Å². The minimum Gasteiger partial charge on any atom is -0.349 e. The van der Waals surface area contributed by atoms with Gasteiger partial charge >= 0.3 is 0 Å². The van der Waals surface area contributed by atoms with Crippen LogP contribution in [0.4, 0.5) is 5.69 Å². The Balaban J connectivity index is 1.88. The number of halogens is 1. The number of non-ortho nitro benzene ring substituents is 1. The lowest BCUT2D eigenvalue weighted by atomic mass is 10.2. The molecule has 0 atom stereocenters. The highest BCUT2D eigenvalue weighted by atomic mass is 35.5. The first kappa shape index (κ1) is 13.5. The zero-order valence-corrected chi connectivity index (χ0v) is 10.9. The van der Waals surface area contributed by atoms with Gasteiger partial charge < -0.3 is 10.3 Å². The molecule has 7 heteroatoms. The van der Waals surface area contributed by atoms with E-state index in [1.165, 1.54) is 12.1 Å². The SMILES string of the molecule is O=[N+]([O-])c1ccc(Cl)c(CNCCc2ncc[nH]2)c1. The fraction of sp³-hybridized carbons (Fsp3) is 0.250. The minimum absolute atomic E-state index is 0.0484. The number of benzene rings is 1. The lowest BCUT2D eigenvalue weighted by Crippen LogP contribution is -2.17. The van der Waals surface area contributed by atoms with E-state index >= 15 is 0 Å². The number of hydrogen-bond donors (Lipinski definition) is 2. The van der Waals surface area contributed by atoms with Crippen LogP contribution in [0, 0.1) is 10.1 Å². The Morgan fingerprint density at radius 2 is 2.32 bits per heavy atom. The van der Waals surface area contributed by atoms with Crippen molar-refractivity contribution in [2.24, 2.45) is 0 Å². The summed E-state index contributed by atoms with van der Waals surface area (Å²) in [6.45, 7) is 1.20. The average Bonchev–Trinajstić information content (AvgIpc) is 2.89. The van der Waals surface area contributed by atoms with Crippen molar-refractivity contribution in [3.05, 3.63) is 57.1 Å². The molecule has 100 valence electrons. The van der Waals surface area contributed by atoms with Gasteiger partial charge in [-0.05, 0) is 11.6 Å². The van der Waals surface area contributed by atoms with Crippen LogP contribution in [-0.4, -0.2) is 21.4 Å². The quantitative estimate of drug-likeness (QED) is 0.483. The smallest absolute Gasteiger partial charge is 0.269 e. The molecular formula is C12H13ClN4O2. The third kappa shape index (κ3) is 3.77. The van der Waals surface area contributed by atoms with Gasteiger partial charge in [0, 0.05) is 49.1 Å². The molecule has 2 aromatic rings. The lowest BCUT2D eigenvalue weighted by Gasteiger charge is -2.06. The van der Waals surface area contributed by atoms with E-state index in [2.05, 4.69) is 15.3 Å². The first-order valence-corrected chi connectivity index (χ1v) is 6.16. The molecule has 0 fully saturated rings. The van der Waals surface area contributed by atoms with Crippen LogP contribution in [0.1, 0.15) is 11.4 Å². The van der Waals surface area contributed by atoms with Gasteiger partial charge in [0.05, 0.1) is 4.92 Å². The van der Waals surface area contributed by atoms with Crippen LogP contribution in [0.2, 0.25) is 5.02 Å². The summed E-state index contributed by atoms with van der Waals surface area (Å²) in [6.07, 6.45) is 4.24. The van der Waals surface area contributed by atoms with E-state index in [0.29, 0.717) is 18.1 Å². The fourth-order valence-corrected chi connectivity index (χ4v) is 1.86. The predicted molar refractivity (Wildman–Crippen MR) is 72.1 cm³/mol. The predicted octanol–water partition coefficient (Wildman–Crippen LogP) is 2.30. The van der Waals surface area contributed by atoms with Gasteiger partial charge in [-0.2, -0.15) is 0 Å². The topological polar surface area (TPSA) is 83.8 Å². The first-order chi connectivity index (χ1) is 9.16. The van der Waals surface area contributed by atoms with E-state index in [4.69, 9.17) is 11.6 Å². The molecule has 0 aliphatic heterocycles. The van der Waals surface area contributed by atoms with Crippen LogP contribution in [0.25, 0.3) is 0 Å². The second-order valence-corrected chi connectivity index (χ2v) is 4.40. The molecule has 1 aromatic carbocycles. The third-order valence-corrected chi connectivity index (χ3v) is 3.02. The lowest BCUT2D eigenvalue weighted by molar-refractivity contribution is -0.384. The molecule has 0 amide bonds. The number of nitro benzene ring substituents is 1. The monoisotopic (exact) mass is 280 g/mol. The number of H-pyrrole nitrogens is 1. The van der Waals surface area contributed by atoms with E-state index in [1.807, 2.05) is 0 Å². The largest absolute Gasteiger partial charge is 0.349 e. The fourth-order valence-electron chi connectivity index (χ4n) is 1.67. The van der Waals surface area contributed by atoms with E-state index in [-0.39, 0.29) is 5.69 Å². The maximum Gasteiger partial charge on any atom is 0.269 e. The standard InChI is InChI=1S/C12H13ClN4O2/c13-11-2-1-10(17(18)19)7-9(11)8-14-4-3-12-15-5-6-16-12/h1-2,5-7,14H,3-4,8H2,(H,15,16). The minimum atomic E-state index is -0.428. The van der Waals surface area contributed by atoms with Crippen molar-refractivity contribution in [1.29, 1.82) is 0 Å². The Morgan fingerprint density at radius 3 is 3.00 bits per heavy atom. The molecule has 19 heavy (non-hydrogen) atoms. The third-order valence-electron chi connectivity index (χ3n) is 2.65. The highest BCUT2D eigenvalue weighted by Crippen LogP contribution is 2.21. The first-order valence-electron chi connectivity index (χ1n) is 5.78. The molecule has 2 N–H and O–H groups in total. The van der Waals surface area contributed by atoms with Crippen molar-refractivity contribution in [2.75, 3.05) is 6.54 Å². The van der Waals surface area contributed by atoms with Crippen LogP contribution in [0.15, 0.2) is 30.6 Å². The molecule has 1 heterocycles. The summed E-state index contributed by atoms with van der Waals surface area (Å²) in [6, 6.07) is 4.43. The second kappa shape index (κ2) is 6.31. The molecule has 0 aliphatic carbocycles. The summed E-state index contributed by atoms with van der Waals surface area (Å²) in [5.74, 6) is 0.901.